The number of halogens is 4. The molecule has 3 aliphatic rings. The summed E-state index contributed by atoms with van der Waals surface area (Å²) in [7, 11) is 0. The predicted octanol–water partition coefficient (Wildman–Crippen LogP) is 4.13. The van der Waals surface area contributed by atoms with Crippen LogP contribution in [-0.2, 0) is 27.5 Å². The number of carbonyl (C=O) groups is 1. The maximum Gasteiger partial charge on any atom is 0.416 e. The number of hydrogen-bond donors (Lipinski definition) is 2. The number of nitrogens with zero attached hydrogens (tertiary/aromatic N) is 4. The third kappa shape index (κ3) is 4.51. The van der Waals surface area contributed by atoms with Gasteiger partial charge in [0.05, 0.1) is 29.5 Å². The van der Waals surface area contributed by atoms with E-state index in [9.17, 15) is 22.8 Å². The van der Waals surface area contributed by atoms with E-state index in [4.69, 9.17) is 21.3 Å². The Morgan fingerprint density at radius 3 is 2.67 bits per heavy atom. The summed E-state index contributed by atoms with van der Waals surface area (Å²) in [4.78, 5) is 32.2. The lowest BCUT2D eigenvalue weighted by molar-refractivity contribution is -0.137. The largest absolute Gasteiger partial charge is 0.416 e. The molecule has 1 aromatic carbocycles. The molecule has 13 heteroatoms. The molecule has 212 valence electrons. The molecular formula is C27H28ClF3N6O3. The van der Waals surface area contributed by atoms with Crippen molar-refractivity contribution < 1.29 is 22.7 Å². The van der Waals surface area contributed by atoms with E-state index in [1.807, 2.05) is 6.08 Å². The first-order valence-corrected chi connectivity index (χ1v) is 13.7. The van der Waals surface area contributed by atoms with Crippen LogP contribution in [0.2, 0.25) is 5.02 Å². The molecule has 2 aliphatic heterocycles. The van der Waals surface area contributed by atoms with Gasteiger partial charge in [-0.3, -0.25) is 9.59 Å². The summed E-state index contributed by atoms with van der Waals surface area (Å²) < 4.78 is 47.8. The molecule has 1 spiro atoms. The van der Waals surface area contributed by atoms with Gasteiger partial charge in [-0.05, 0) is 75.9 Å². The van der Waals surface area contributed by atoms with Gasteiger partial charge in [-0.15, -0.1) is 5.10 Å². The minimum absolute atomic E-state index is 0.0598. The Balaban J connectivity index is 1.45. The SMILES string of the molecule is CC(C(=O)Nc1ccc(C(F)(F)F)cc1Cl)n1c2c(c(=O)n3nc(C4=CCOCC4)nc13)C1(CCNCC1)CC2. The summed E-state index contributed by atoms with van der Waals surface area (Å²) in [5.74, 6) is 0.157. The summed E-state index contributed by atoms with van der Waals surface area (Å²) in [6, 6.07) is 1.92. The fourth-order valence-electron chi connectivity index (χ4n) is 6.15. The van der Waals surface area contributed by atoms with Gasteiger partial charge in [0.1, 0.15) is 6.04 Å². The van der Waals surface area contributed by atoms with Crippen LogP contribution in [0.25, 0.3) is 11.4 Å². The maximum atomic E-state index is 14.0. The Morgan fingerprint density at radius 2 is 2.00 bits per heavy atom. The average molecular weight is 577 g/mol. The first-order chi connectivity index (χ1) is 19.1. The lowest BCUT2D eigenvalue weighted by Crippen LogP contribution is -2.42. The minimum Gasteiger partial charge on any atom is -0.377 e. The molecule has 40 heavy (non-hydrogen) atoms. The van der Waals surface area contributed by atoms with Gasteiger partial charge >= 0.3 is 6.18 Å². The highest BCUT2D eigenvalue weighted by atomic mass is 35.5. The Morgan fingerprint density at radius 1 is 1.23 bits per heavy atom. The molecule has 4 heterocycles. The van der Waals surface area contributed by atoms with E-state index in [0.29, 0.717) is 37.4 Å². The zero-order valence-corrected chi connectivity index (χ0v) is 22.5. The molecule has 9 nitrogen and oxygen atoms in total. The summed E-state index contributed by atoms with van der Waals surface area (Å²) in [6.07, 6.45) is 0.899. The Labute approximate surface area is 232 Å². The van der Waals surface area contributed by atoms with Gasteiger partial charge in [0.25, 0.3) is 5.56 Å². The number of nitrogens with one attached hydrogen (secondary N) is 2. The van der Waals surface area contributed by atoms with Gasteiger partial charge < -0.3 is 19.9 Å². The van der Waals surface area contributed by atoms with Gasteiger partial charge in [-0.25, -0.2) is 0 Å². The van der Waals surface area contributed by atoms with Crippen molar-refractivity contribution in [3.63, 3.8) is 0 Å². The second-order valence-electron chi connectivity index (χ2n) is 10.6. The topological polar surface area (TPSA) is 103 Å². The number of amides is 1. The predicted molar refractivity (Wildman–Crippen MR) is 143 cm³/mol. The fraction of sp³-hybridized carbons (Fsp3) is 0.481. The monoisotopic (exact) mass is 576 g/mol. The van der Waals surface area contributed by atoms with Gasteiger partial charge in [-0.2, -0.15) is 22.7 Å². The number of carbonyl (C=O) groups excluding carboxylic acids is 1. The van der Waals surface area contributed by atoms with Crippen molar-refractivity contribution in [2.24, 2.45) is 0 Å². The minimum atomic E-state index is -4.56. The molecule has 0 bridgehead atoms. The van der Waals surface area contributed by atoms with Crippen LogP contribution >= 0.6 is 11.6 Å². The highest BCUT2D eigenvalue weighted by Crippen LogP contribution is 2.44. The summed E-state index contributed by atoms with van der Waals surface area (Å²) in [5.41, 5.74) is 0.909. The third-order valence-electron chi connectivity index (χ3n) is 8.29. The molecular weight excluding hydrogens is 549 g/mol. The van der Waals surface area contributed by atoms with Crippen LogP contribution in [0.3, 0.4) is 0 Å². The van der Waals surface area contributed by atoms with Crippen LogP contribution in [0, 0.1) is 0 Å². The summed E-state index contributed by atoms with van der Waals surface area (Å²) in [5, 5.41) is 10.4. The highest BCUT2D eigenvalue weighted by Gasteiger charge is 2.45. The highest BCUT2D eigenvalue weighted by molar-refractivity contribution is 6.33. The second-order valence-corrected chi connectivity index (χ2v) is 11.0. The van der Waals surface area contributed by atoms with Crippen molar-refractivity contribution in [1.29, 1.82) is 0 Å². The molecule has 2 N–H and O–H groups in total. The van der Waals surface area contributed by atoms with Crippen molar-refractivity contribution in [3.05, 3.63) is 62.3 Å². The summed E-state index contributed by atoms with van der Waals surface area (Å²) in [6.45, 7) is 4.19. The molecule has 0 saturated carbocycles. The van der Waals surface area contributed by atoms with Crippen molar-refractivity contribution in [1.82, 2.24) is 24.5 Å². The van der Waals surface area contributed by atoms with Crippen LogP contribution in [0.1, 0.15) is 61.3 Å². The first kappa shape index (κ1) is 27.0. The van der Waals surface area contributed by atoms with Crippen LogP contribution in [-0.4, -0.2) is 51.4 Å². The van der Waals surface area contributed by atoms with E-state index in [2.05, 4.69) is 15.7 Å². The lowest BCUT2D eigenvalue weighted by Gasteiger charge is -2.34. The Hall–Kier alpha value is -3.22. The van der Waals surface area contributed by atoms with E-state index in [1.54, 1.807) is 11.5 Å². The molecule has 3 aromatic rings. The standard InChI is InChI=1S/C27H28ClF3N6O3/c1-15(23(38)33-19-3-2-17(14-18(19)28)27(29,30)31)36-20-4-7-26(8-10-32-11-9-26)21(20)24(39)37-25(36)34-22(35-37)16-5-12-40-13-6-16/h2-3,5,14-15,32H,4,6-13H2,1H3,(H,33,38). The van der Waals surface area contributed by atoms with E-state index in [1.165, 1.54) is 4.52 Å². The second kappa shape index (κ2) is 10.0. The molecule has 1 aliphatic carbocycles. The molecule has 0 radical (unpaired) electrons. The molecule has 1 saturated heterocycles. The van der Waals surface area contributed by atoms with Gasteiger partial charge in [0.15, 0.2) is 5.82 Å². The average Bonchev–Trinajstić information content (AvgIpc) is 3.53. The smallest absolute Gasteiger partial charge is 0.377 e. The maximum absolute atomic E-state index is 14.0. The van der Waals surface area contributed by atoms with E-state index in [0.717, 1.165) is 61.8 Å². The van der Waals surface area contributed by atoms with Crippen LogP contribution in [0.5, 0.6) is 0 Å². The molecule has 6 rings (SSSR count). The number of anilines is 1. The molecule has 1 amide bonds. The van der Waals surface area contributed by atoms with Gasteiger partial charge in [0, 0.05) is 16.7 Å². The lowest BCUT2D eigenvalue weighted by atomic mass is 9.75. The van der Waals surface area contributed by atoms with Gasteiger partial charge in [0.2, 0.25) is 11.7 Å². The van der Waals surface area contributed by atoms with Crippen LogP contribution in [0.4, 0.5) is 18.9 Å². The molecule has 1 unspecified atom stereocenters. The van der Waals surface area contributed by atoms with Crippen molar-refractivity contribution >= 4 is 34.5 Å². The quantitative estimate of drug-likeness (QED) is 0.484. The number of aromatic nitrogens is 4. The number of benzene rings is 1. The normalized spacial score (nSPS) is 19.5. The third-order valence-corrected chi connectivity index (χ3v) is 8.61. The fourth-order valence-corrected chi connectivity index (χ4v) is 6.38. The van der Waals surface area contributed by atoms with E-state index < -0.39 is 23.7 Å². The zero-order chi connectivity index (χ0) is 28.2. The Kier molecular flexibility index (Phi) is 6.75. The van der Waals surface area contributed by atoms with E-state index >= 15 is 0 Å². The van der Waals surface area contributed by atoms with Crippen LogP contribution in [0.15, 0.2) is 29.1 Å². The van der Waals surface area contributed by atoms with Crippen LogP contribution < -0.4 is 16.2 Å². The number of rotatable bonds is 4. The number of piperidine rings is 1. The van der Waals surface area contributed by atoms with Crippen molar-refractivity contribution in [2.45, 2.75) is 56.7 Å². The van der Waals surface area contributed by atoms with Crippen molar-refractivity contribution in [2.75, 3.05) is 31.6 Å². The number of ether oxygens (including phenoxy) is 1. The molecule has 1 fully saturated rings. The first-order valence-electron chi connectivity index (χ1n) is 13.3. The number of fused-ring (bicyclic) bond motifs is 3. The van der Waals surface area contributed by atoms with Crippen molar-refractivity contribution in [3.8, 4) is 0 Å². The van der Waals surface area contributed by atoms with Gasteiger partial charge in [-0.1, -0.05) is 17.7 Å². The number of alkyl halides is 3. The molecule has 1 atom stereocenters. The zero-order valence-electron chi connectivity index (χ0n) is 21.8. The summed E-state index contributed by atoms with van der Waals surface area (Å²) >= 11 is 6.11. The number of hydrogen-bond acceptors (Lipinski definition) is 6. The Bertz CT molecular complexity index is 1590. The molecule has 2 aromatic heterocycles. The van der Waals surface area contributed by atoms with E-state index in [-0.39, 0.29) is 27.5 Å².